The monoisotopic (exact) mass is 257 g/mol. The molecule has 3 aromatic rings. The molecule has 0 saturated heterocycles. The van der Waals surface area contributed by atoms with Crippen LogP contribution in [0.5, 0.6) is 11.6 Å². The number of hydrogen-bond donors (Lipinski definition) is 1. The molecule has 5 nitrogen and oxygen atoms in total. The predicted molar refractivity (Wildman–Crippen MR) is 72.7 cm³/mol. The molecule has 19 heavy (non-hydrogen) atoms. The Morgan fingerprint density at radius 1 is 1.21 bits per heavy atom. The van der Waals surface area contributed by atoms with Gasteiger partial charge in [-0.3, -0.25) is 0 Å². The van der Waals surface area contributed by atoms with Crippen LogP contribution in [0.2, 0.25) is 0 Å². The van der Waals surface area contributed by atoms with E-state index in [-0.39, 0.29) is 0 Å². The largest absolute Gasteiger partial charge is 0.491 e. The highest BCUT2D eigenvalue weighted by atomic mass is 16.5. The van der Waals surface area contributed by atoms with E-state index in [9.17, 15) is 0 Å². The average molecular weight is 257 g/mol. The summed E-state index contributed by atoms with van der Waals surface area (Å²) in [6.45, 7) is 0.660. The van der Waals surface area contributed by atoms with Gasteiger partial charge in [0.15, 0.2) is 5.75 Å². The van der Waals surface area contributed by atoms with E-state index in [4.69, 9.17) is 9.47 Å². The summed E-state index contributed by atoms with van der Waals surface area (Å²) in [5, 5.41) is 1.04. The Kier molecular flexibility index (Phi) is 2.87. The third kappa shape index (κ3) is 1.83. The van der Waals surface area contributed by atoms with E-state index >= 15 is 0 Å². The van der Waals surface area contributed by atoms with E-state index in [0.29, 0.717) is 6.54 Å². The van der Waals surface area contributed by atoms with E-state index in [2.05, 4.69) is 20.6 Å². The number of hydrogen-bond acceptors (Lipinski definition) is 3. The van der Waals surface area contributed by atoms with E-state index in [1.54, 1.807) is 26.7 Å². The van der Waals surface area contributed by atoms with Gasteiger partial charge in [-0.1, -0.05) is 12.1 Å². The van der Waals surface area contributed by atoms with Crippen LogP contribution in [0.25, 0.3) is 10.9 Å². The van der Waals surface area contributed by atoms with E-state index < -0.39 is 0 Å². The number of nitrogens with one attached hydrogen (secondary N) is 1. The molecule has 2 heterocycles. The maximum Gasteiger partial charge on any atom is 0.238 e. The van der Waals surface area contributed by atoms with Crippen LogP contribution >= 0.6 is 0 Å². The Hall–Kier alpha value is -2.43. The molecule has 0 radical (unpaired) electrons. The van der Waals surface area contributed by atoms with Gasteiger partial charge in [-0.2, -0.15) is 0 Å². The number of nitrogens with zero attached hydrogens (tertiary/aromatic N) is 2. The van der Waals surface area contributed by atoms with Gasteiger partial charge in [0.2, 0.25) is 5.88 Å². The van der Waals surface area contributed by atoms with Gasteiger partial charge in [0, 0.05) is 11.6 Å². The first kappa shape index (κ1) is 11.6. The van der Waals surface area contributed by atoms with Gasteiger partial charge >= 0.3 is 0 Å². The minimum atomic E-state index is 0.660. The summed E-state index contributed by atoms with van der Waals surface area (Å²) < 4.78 is 13.1. The number of fused-ring (bicyclic) bond motifs is 1. The molecule has 0 spiro atoms. The van der Waals surface area contributed by atoms with Crippen molar-refractivity contribution in [3.8, 4) is 11.6 Å². The third-order valence-electron chi connectivity index (χ3n) is 3.16. The standard InChI is InChI=1S/C14H15N3O2/c1-18-13-11-5-3-4-6-12(11)17(14(13)19-2)8-10-7-15-9-16-10/h3-7,9H,8H2,1-2H3,(H,15,16). The van der Waals surface area contributed by atoms with Crippen LogP contribution in [0.4, 0.5) is 0 Å². The van der Waals surface area contributed by atoms with E-state index in [0.717, 1.165) is 28.2 Å². The fraction of sp³-hybridized carbons (Fsp3) is 0.214. The molecular formula is C14H15N3O2. The molecular weight excluding hydrogens is 242 g/mol. The van der Waals surface area contributed by atoms with E-state index in [1.165, 1.54) is 0 Å². The lowest BCUT2D eigenvalue weighted by Gasteiger charge is -2.08. The number of imidazole rings is 1. The number of rotatable bonds is 4. The molecule has 0 unspecified atom stereocenters. The van der Waals surface area contributed by atoms with Gasteiger partial charge in [-0.15, -0.1) is 0 Å². The van der Waals surface area contributed by atoms with Crippen molar-refractivity contribution >= 4 is 10.9 Å². The molecule has 0 amide bonds. The first-order valence-electron chi connectivity index (χ1n) is 6.01. The van der Waals surface area contributed by atoms with Crippen LogP contribution in [-0.4, -0.2) is 28.8 Å². The molecule has 3 rings (SSSR count). The summed E-state index contributed by atoms with van der Waals surface area (Å²) in [6, 6.07) is 8.08. The lowest BCUT2D eigenvalue weighted by atomic mass is 10.2. The van der Waals surface area contributed by atoms with Crippen molar-refractivity contribution in [3.05, 3.63) is 42.5 Å². The van der Waals surface area contributed by atoms with Crippen LogP contribution in [0, 0.1) is 0 Å². The Balaban J connectivity index is 2.21. The molecule has 1 N–H and O–H groups in total. The number of benzene rings is 1. The Morgan fingerprint density at radius 2 is 2.05 bits per heavy atom. The molecule has 2 aromatic heterocycles. The van der Waals surface area contributed by atoms with Crippen molar-refractivity contribution in [3.63, 3.8) is 0 Å². The minimum absolute atomic E-state index is 0.660. The molecule has 98 valence electrons. The number of H-pyrrole nitrogens is 1. The maximum absolute atomic E-state index is 5.50. The van der Waals surface area contributed by atoms with Crippen molar-refractivity contribution in [1.82, 2.24) is 14.5 Å². The van der Waals surface area contributed by atoms with Crippen LogP contribution in [-0.2, 0) is 6.54 Å². The first-order chi connectivity index (χ1) is 9.35. The van der Waals surface area contributed by atoms with Crippen molar-refractivity contribution in [1.29, 1.82) is 0 Å². The van der Waals surface area contributed by atoms with Crippen LogP contribution < -0.4 is 9.47 Å². The Bertz CT molecular complexity index is 686. The Labute approximate surface area is 110 Å². The highest BCUT2D eigenvalue weighted by Crippen LogP contribution is 2.39. The number of ether oxygens (including phenoxy) is 2. The predicted octanol–water partition coefficient (Wildman–Crippen LogP) is 2.43. The van der Waals surface area contributed by atoms with Crippen molar-refractivity contribution in [2.75, 3.05) is 14.2 Å². The number of aromatic amines is 1. The first-order valence-corrected chi connectivity index (χ1v) is 6.01. The van der Waals surface area contributed by atoms with Gasteiger partial charge in [-0.25, -0.2) is 4.98 Å². The van der Waals surface area contributed by atoms with Gasteiger partial charge < -0.3 is 19.0 Å². The van der Waals surface area contributed by atoms with Crippen molar-refractivity contribution in [2.45, 2.75) is 6.54 Å². The van der Waals surface area contributed by atoms with Crippen molar-refractivity contribution < 1.29 is 9.47 Å². The lowest BCUT2D eigenvalue weighted by Crippen LogP contribution is -2.02. The fourth-order valence-electron chi connectivity index (χ4n) is 2.35. The normalized spacial score (nSPS) is 10.8. The zero-order chi connectivity index (χ0) is 13.2. The molecule has 0 aliphatic rings. The second kappa shape index (κ2) is 4.68. The molecule has 0 saturated carbocycles. The fourth-order valence-corrected chi connectivity index (χ4v) is 2.35. The van der Waals surface area contributed by atoms with Crippen molar-refractivity contribution in [2.24, 2.45) is 0 Å². The second-order valence-electron chi connectivity index (χ2n) is 4.22. The zero-order valence-corrected chi connectivity index (χ0v) is 10.9. The SMILES string of the molecule is COc1c(OC)n(Cc2cnc[nH]2)c2ccccc12. The topological polar surface area (TPSA) is 52.1 Å². The number of aromatic nitrogens is 3. The lowest BCUT2D eigenvalue weighted by molar-refractivity contribution is 0.336. The molecule has 0 aliphatic heterocycles. The van der Waals surface area contributed by atoms with Gasteiger partial charge in [-0.05, 0) is 12.1 Å². The van der Waals surface area contributed by atoms with Crippen LogP contribution in [0.15, 0.2) is 36.8 Å². The van der Waals surface area contributed by atoms with Crippen LogP contribution in [0.1, 0.15) is 5.69 Å². The number of para-hydroxylation sites is 1. The molecule has 5 heteroatoms. The molecule has 0 fully saturated rings. The molecule has 0 aliphatic carbocycles. The van der Waals surface area contributed by atoms with Gasteiger partial charge in [0.05, 0.1) is 38.3 Å². The molecule has 0 bridgehead atoms. The molecule has 1 aromatic carbocycles. The summed E-state index contributed by atoms with van der Waals surface area (Å²) in [5.41, 5.74) is 2.09. The van der Waals surface area contributed by atoms with Crippen LogP contribution in [0.3, 0.4) is 0 Å². The Morgan fingerprint density at radius 3 is 2.74 bits per heavy atom. The highest BCUT2D eigenvalue weighted by molar-refractivity contribution is 5.90. The smallest absolute Gasteiger partial charge is 0.238 e. The van der Waals surface area contributed by atoms with Gasteiger partial charge in [0.1, 0.15) is 0 Å². The van der Waals surface area contributed by atoms with E-state index in [1.807, 2.05) is 18.2 Å². The summed E-state index contributed by atoms with van der Waals surface area (Å²) in [5.74, 6) is 1.48. The van der Waals surface area contributed by atoms with Gasteiger partial charge in [0.25, 0.3) is 0 Å². The molecule has 0 atom stereocenters. The third-order valence-corrected chi connectivity index (χ3v) is 3.16. The summed E-state index contributed by atoms with van der Waals surface area (Å²) in [6.07, 6.45) is 3.48. The summed E-state index contributed by atoms with van der Waals surface area (Å²) >= 11 is 0. The maximum atomic E-state index is 5.50. The minimum Gasteiger partial charge on any atom is -0.491 e. The number of methoxy groups -OCH3 is 2. The summed E-state index contributed by atoms with van der Waals surface area (Å²) in [7, 11) is 3.31. The average Bonchev–Trinajstić information content (AvgIpc) is 3.05. The highest BCUT2D eigenvalue weighted by Gasteiger charge is 2.18. The second-order valence-corrected chi connectivity index (χ2v) is 4.22. The summed E-state index contributed by atoms with van der Waals surface area (Å²) in [4.78, 5) is 7.14. The quantitative estimate of drug-likeness (QED) is 0.781. The zero-order valence-electron chi connectivity index (χ0n) is 10.9.